The van der Waals surface area contributed by atoms with E-state index in [0.29, 0.717) is 30.8 Å². The van der Waals surface area contributed by atoms with Crippen LogP contribution in [-0.4, -0.2) is 36.0 Å². The van der Waals surface area contributed by atoms with E-state index >= 15 is 0 Å². The molecule has 7 heteroatoms. The summed E-state index contributed by atoms with van der Waals surface area (Å²) in [5.74, 6) is -0.595. The third-order valence-corrected chi connectivity index (χ3v) is 6.36. The highest BCUT2D eigenvalue weighted by molar-refractivity contribution is 5.75. The highest BCUT2D eigenvalue weighted by Gasteiger charge is 2.32. The van der Waals surface area contributed by atoms with Crippen molar-refractivity contribution in [1.82, 2.24) is 0 Å². The molecule has 184 valence electrons. The molecule has 0 spiro atoms. The summed E-state index contributed by atoms with van der Waals surface area (Å²) in [6, 6.07) is 23.4. The van der Waals surface area contributed by atoms with E-state index in [1.807, 2.05) is 54.6 Å². The largest absolute Gasteiger partial charge is 0.496 e. The van der Waals surface area contributed by atoms with Gasteiger partial charge in [-0.25, -0.2) is 4.79 Å². The summed E-state index contributed by atoms with van der Waals surface area (Å²) in [4.78, 5) is 12.0. The molecule has 1 fully saturated rings. The first-order chi connectivity index (χ1) is 17.0. The molecular weight excluding hydrogens is 446 g/mol. The lowest BCUT2D eigenvalue weighted by molar-refractivity contribution is -0.162. The highest BCUT2D eigenvalue weighted by atomic mass is 16.5. The molecule has 5 atom stereocenters. The van der Waals surface area contributed by atoms with Crippen LogP contribution in [0.1, 0.15) is 59.4 Å². The number of rotatable bonds is 9. The van der Waals surface area contributed by atoms with Gasteiger partial charge in [0.15, 0.2) is 6.10 Å². The summed E-state index contributed by atoms with van der Waals surface area (Å²) in [5, 5.41) is 20.6. The topological polar surface area (TPSA) is 111 Å². The standard InChI is InChI=1S/C28H31NO6/c1-33-23-13-6-5-12-22(23)27(28(31)32)35-21-14-15-34-24(17-21)19-10-7-11-20(16-19)25(29)26(30)18-8-3-2-4-9-18/h2-13,16,21,24-27,30H,14-15,17,29H2,1H3,(H,31,32)/t21?,24?,25-,26+,27+/m0/s1. The predicted molar refractivity (Wildman–Crippen MR) is 131 cm³/mol. The van der Waals surface area contributed by atoms with Crippen LogP contribution in [0.15, 0.2) is 78.9 Å². The number of methoxy groups -OCH3 is 1. The smallest absolute Gasteiger partial charge is 0.337 e. The van der Waals surface area contributed by atoms with Crippen LogP contribution in [0.25, 0.3) is 0 Å². The summed E-state index contributed by atoms with van der Waals surface area (Å²) in [5.41, 5.74) is 9.34. The van der Waals surface area contributed by atoms with Gasteiger partial charge in [-0.2, -0.15) is 0 Å². The van der Waals surface area contributed by atoms with Gasteiger partial charge in [-0.05, 0) is 29.2 Å². The number of carboxylic acids is 1. The van der Waals surface area contributed by atoms with Crippen molar-refractivity contribution in [3.63, 3.8) is 0 Å². The zero-order valence-corrected chi connectivity index (χ0v) is 19.6. The number of aliphatic carboxylic acids is 1. The Hall–Kier alpha value is -3.23. The minimum absolute atomic E-state index is 0.276. The normalized spacial score (nSPS) is 20.5. The number of hydrogen-bond donors (Lipinski definition) is 3. The van der Waals surface area contributed by atoms with Gasteiger partial charge in [0, 0.05) is 18.6 Å². The SMILES string of the molecule is COc1ccccc1[C@@H](OC1CCOC(c2cccc([C@H](N)[C@H](O)c3ccccc3)c2)C1)C(=O)O. The first-order valence-electron chi connectivity index (χ1n) is 11.7. The summed E-state index contributed by atoms with van der Waals surface area (Å²) in [7, 11) is 1.51. The maximum atomic E-state index is 12.0. The fourth-order valence-electron chi connectivity index (χ4n) is 4.47. The van der Waals surface area contributed by atoms with Crippen molar-refractivity contribution < 1.29 is 29.2 Å². The van der Waals surface area contributed by atoms with Gasteiger partial charge in [-0.15, -0.1) is 0 Å². The zero-order chi connectivity index (χ0) is 24.8. The number of carboxylic acid groups (broad SMARTS) is 1. The van der Waals surface area contributed by atoms with Gasteiger partial charge in [0.2, 0.25) is 0 Å². The average Bonchev–Trinajstić information content (AvgIpc) is 2.91. The number of para-hydroxylation sites is 1. The molecule has 1 aliphatic heterocycles. The maximum absolute atomic E-state index is 12.0. The third-order valence-electron chi connectivity index (χ3n) is 6.36. The number of nitrogens with two attached hydrogens (primary N) is 1. The Labute approximate surface area is 205 Å². The molecule has 2 unspecified atom stereocenters. The van der Waals surface area contributed by atoms with E-state index in [1.165, 1.54) is 7.11 Å². The van der Waals surface area contributed by atoms with E-state index in [9.17, 15) is 15.0 Å². The third kappa shape index (κ3) is 5.89. The van der Waals surface area contributed by atoms with Crippen LogP contribution in [0, 0.1) is 0 Å². The lowest BCUT2D eigenvalue weighted by Gasteiger charge is -2.32. The molecule has 3 aromatic carbocycles. The van der Waals surface area contributed by atoms with Crippen molar-refractivity contribution >= 4 is 5.97 Å². The van der Waals surface area contributed by atoms with Crippen molar-refractivity contribution in [2.75, 3.05) is 13.7 Å². The minimum atomic E-state index is -1.14. The van der Waals surface area contributed by atoms with Gasteiger partial charge >= 0.3 is 5.97 Å². The number of aliphatic hydroxyl groups is 1. The molecule has 35 heavy (non-hydrogen) atoms. The van der Waals surface area contributed by atoms with Gasteiger partial charge in [0.1, 0.15) is 5.75 Å². The number of aliphatic hydroxyl groups excluding tert-OH is 1. The van der Waals surface area contributed by atoms with Crippen molar-refractivity contribution in [3.8, 4) is 5.75 Å². The van der Waals surface area contributed by atoms with Crippen LogP contribution in [0.2, 0.25) is 0 Å². The molecule has 3 aromatic rings. The zero-order valence-electron chi connectivity index (χ0n) is 19.6. The van der Waals surface area contributed by atoms with Crippen LogP contribution in [0.3, 0.4) is 0 Å². The Morgan fingerprint density at radius 3 is 2.49 bits per heavy atom. The molecule has 0 amide bonds. The second-order valence-corrected chi connectivity index (χ2v) is 8.65. The highest BCUT2D eigenvalue weighted by Crippen LogP contribution is 2.36. The molecule has 1 heterocycles. The van der Waals surface area contributed by atoms with Crippen molar-refractivity contribution in [2.24, 2.45) is 5.73 Å². The number of benzene rings is 3. The van der Waals surface area contributed by atoms with Crippen molar-refractivity contribution in [1.29, 1.82) is 0 Å². The van der Waals surface area contributed by atoms with Gasteiger partial charge < -0.3 is 30.2 Å². The minimum Gasteiger partial charge on any atom is -0.496 e. The number of hydrogen-bond acceptors (Lipinski definition) is 6. The molecule has 4 N–H and O–H groups in total. The molecule has 0 aromatic heterocycles. The Morgan fingerprint density at radius 2 is 1.74 bits per heavy atom. The number of carbonyl (C=O) groups is 1. The van der Waals surface area contributed by atoms with Gasteiger partial charge in [-0.3, -0.25) is 0 Å². The Balaban J connectivity index is 1.48. The van der Waals surface area contributed by atoms with Gasteiger partial charge in [0.25, 0.3) is 0 Å². The summed E-state index contributed by atoms with van der Waals surface area (Å²) in [6.07, 6.45) is -1.49. The second kappa shape index (κ2) is 11.5. The van der Waals surface area contributed by atoms with E-state index in [-0.39, 0.29) is 12.2 Å². The molecule has 1 aliphatic rings. The predicted octanol–water partition coefficient (Wildman–Crippen LogP) is 4.49. The summed E-state index contributed by atoms with van der Waals surface area (Å²) >= 11 is 0. The Kier molecular flexibility index (Phi) is 8.15. The molecule has 1 saturated heterocycles. The summed E-state index contributed by atoms with van der Waals surface area (Å²) < 4.78 is 17.4. The van der Waals surface area contributed by atoms with Crippen LogP contribution >= 0.6 is 0 Å². The quantitative estimate of drug-likeness (QED) is 0.416. The fraction of sp³-hybridized carbons (Fsp3) is 0.321. The van der Waals surface area contributed by atoms with E-state index in [4.69, 9.17) is 19.9 Å². The molecule has 4 rings (SSSR count). The van der Waals surface area contributed by atoms with Gasteiger partial charge in [-0.1, -0.05) is 72.8 Å². The van der Waals surface area contributed by atoms with Crippen molar-refractivity contribution in [2.45, 2.75) is 43.3 Å². The first-order valence-corrected chi connectivity index (χ1v) is 11.7. The van der Waals surface area contributed by atoms with Crippen LogP contribution in [-0.2, 0) is 14.3 Å². The fourth-order valence-corrected chi connectivity index (χ4v) is 4.47. The second-order valence-electron chi connectivity index (χ2n) is 8.65. The monoisotopic (exact) mass is 477 g/mol. The Bertz CT molecular complexity index is 1120. The molecule has 0 saturated carbocycles. The summed E-state index contributed by atoms with van der Waals surface area (Å²) in [6.45, 7) is 0.441. The van der Waals surface area contributed by atoms with Crippen LogP contribution in [0.5, 0.6) is 5.75 Å². The van der Waals surface area contributed by atoms with Gasteiger partial charge in [0.05, 0.1) is 31.5 Å². The van der Waals surface area contributed by atoms with Crippen LogP contribution < -0.4 is 10.5 Å². The van der Waals surface area contributed by atoms with E-state index < -0.39 is 24.2 Å². The van der Waals surface area contributed by atoms with Crippen molar-refractivity contribution in [3.05, 3.63) is 101 Å². The lowest BCUT2D eigenvalue weighted by atomic mass is 9.92. The molecule has 0 aliphatic carbocycles. The molecule has 0 bridgehead atoms. The first kappa shape index (κ1) is 24.9. The maximum Gasteiger partial charge on any atom is 0.337 e. The lowest BCUT2D eigenvalue weighted by Crippen LogP contribution is -2.30. The van der Waals surface area contributed by atoms with Crippen LogP contribution in [0.4, 0.5) is 0 Å². The Morgan fingerprint density at radius 1 is 1.03 bits per heavy atom. The average molecular weight is 478 g/mol. The molecule has 7 nitrogen and oxygen atoms in total. The molecule has 0 radical (unpaired) electrons. The van der Waals surface area contributed by atoms with E-state index in [1.54, 1.807) is 24.3 Å². The van der Waals surface area contributed by atoms with E-state index in [0.717, 1.165) is 16.7 Å². The number of ether oxygens (including phenoxy) is 3. The van der Waals surface area contributed by atoms with E-state index in [2.05, 4.69) is 0 Å². The molecular formula is C28H31NO6.